The van der Waals surface area contributed by atoms with Crippen LogP contribution in [0.5, 0.6) is 17.2 Å². The van der Waals surface area contributed by atoms with Gasteiger partial charge < -0.3 is 19.7 Å². The quantitative estimate of drug-likeness (QED) is 0.312. The molecule has 0 aromatic heterocycles. The average molecular weight is 570 g/mol. The fraction of sp³-hybridized carbons (Fsp3) is 0.281. The molecule has 0 saturated carbocycles. The van der Waals surface area contributed by atoms with Crippen LogP contribution >= 0.6 is 0 Å². The number of aromatic carboxylic acids is 1. The van der Waals surface area contributed by atoms with Gasteiger partial charge in [-0.2, -0.15) is 0 Å². The molecule has 214 valence electrons. The van der Waals surface area contributed by atoms with Crippen LogP contribution in [0.4, 0.5) is 5.69 Å². The molecular weight excluding hydrogens is 542 g/mol. The first-order chi connectivity index (χ1) is 20.1. The molecule has 1 heterocycles. The number of imide groups is 1. The fourth-order valence-corrected chi connectivity index (χ4v) is 6.91. The van der Waals surface area contributed by atoms with E-state index in [1.807, 2.05) is 6.08 Å². The van der Waals surface area contributed by atoms with Gasteiger partial charge in [0.15, 0.2) is 11.6 Å². The summed E-state index contributed by atoms with van der Waals surface area (Å²) in [5.74, 6) is -5.63. The number of fused-ring (bicyclic) bond motifs is 3. The first-order valence-corrected chi connectivity index (χ1v) is 13.4. The number of carboxylic acids is 1. The van der Waals surface area contributed by atoms with Crippen molar-refractivity contribution in [3.63, 3.8) is 0 Å². The fourth-order valence-electron chi connectivity index (χ4n) is 6.91. The smallest absolute Gasteiger partial charge is 0.335 e. The Morgan fingerprint density at radius 1 is 1.00 bits per heavy atom. The predicted molar refractivity (Wildman–Crippen MR) is 148 cm³/mol. The normalized spacial score (nSPS) is 25.0. The molecule has 2 amide bonds. The number of hydrogen-bond acceptors (Lipinski definition) is 8. The van der Waals surface area contributed by atoms with Gasteiger partial charge in [-0.15, -0.1) is 0 Å². The second-order valence-corrected chi connectivity index (χ2v) is 10.9. The van der Waals surface area contributed by atoms with Crippen LogP contribution in [0, 0.1) is 17.8 Å². The topological polar surface area (TPSA) is 148 Å². The zero-order valence-corrected chi connectivity index (χ0v) is 23.0. The molecular formula is C32H27NO9. The van der Waals surface area contributed by atoms with E-state index >= 15 is 0 Å². The van der Waals surface area contributed by atoms with Crippen molar-refractivity contribution < 1.29 is 43.7 Å². The Kier molecular flexibility index (Phi) is 6.36. The molecule has 10 nitrogen and oxygen atoms in total. The number of allylic oxidation sites excluding steroid dienone is 6. The van der Waals surface area contributed by atoms with E-state index in [1.165, 1.54) is 50.6 Å². The molecule has 0 spiro atoms. The molecule has 2 aromatic carbocycles. The van der Waals surface area contributed by atoms with Crippen LogP contribution in [0.15, 0.2) is 70.8 Å². The van der Waals surface area contributed by atoms with Gasteiger partial charge in [-0.1, -0.05) is 17.7 Å². The number of amides is 2. The largest absolute Gasteiger partial charge is 0.507 e. The number of phenolic OH excluding ortho intramolecular Hbond substituents is 1. The number of nitrogens with zero attached hydrogens (tertiary/aromatic N) is 1. The lowest BCUT2D eigenvalue weighted by atomic mass is 9.59. The first-order valence-electron chi connectivity index (χ1n) is 13.4. The van der Waals surface area contributed by atoms with E-state index in [9.17, 15) is 34.2 Å². The number of benzene rings is 2. The highest BCUT2D eigenvalue weighted by Crippen LogP contribution is 2.58. The Labute approximate surface area is 240 Å². The van der Waals surface area contributed by atoms with Crippen molar-refractivity contribution in [2.24, 2.45) is 17.8 Å². The van der Waals surface area contributed by atoms with Crippen molar-refractivity contribution in [1.29, 1.82) is 0 Å². The van der Waals surface area contributed by atoms with Crippen LogP contribution in [0.2, 0.25) is 0 Å². The van der Waals surface area contributed by atoms with E-state index in [0.717, 1.165) is 4.90 Å². The Balaban J connectivity index is 1.51. The van der Waals surface area contributed by atoms with Crippen LogP contribution in [0.3, 0.4) is 0 Å². The van der Waals surface area contributed by atoms with Crippen molar-refractivity contribution in [3.8, 4) is 17.2 Å². The van der Waals surface area contributed by atoms with Gasteiger partial charge in [0.05, 0.1) is 37.3 Å². The van der Waals surface area contributed by atoms with Gasteiger partial charge >= 0.3 is 5.97 Å². The molecule has 2 aromatic rings. The van der Waals surface area contributed by atoms with Crippen molar-refractivity contribution >= 4 is 35.0 Å². The molecule has 1 aliphatic heterocycles. The molecule has 2 N–H and O–H groups in total. The van der Waals surface area contributed by atoms with Crippen molar-refractivity contribution in [2.45, 2.75) is 25.7 Å². The third-order valence-electron chi connectivity index (χ3n) is 8.75. The number of carboxylic acid groups (broad SMARTS) is 1. The highest BCUT2D eigenvalue weighted by atomic mass is 16.5. The van der Waals surface area contributed by atoms with Gasteiger partial charge in [0, 0.05) is 40.3 Å². The number of methoxy groups -OCH3 is 2. The summed E-state index contributed by atoms with van der Waals surface area (Å²) in [4.78, 5) is 67.3. The summed E-state index contributed by atoms with van der Waals surface area (Å²) < 4.78 is 10.9. The van der Waals surface area contributed by atoms with Crippen LogP contribution < -0.4 is 14.4 Å². The highest BCUT2D eigenvalue weighted by molar-refractivity contribution is 6.25. The number of ether oxygens (including phenoxy) is 2. The predicted octanol–water partition coefficient (Wildman–Crippen LogP) is 3.74. The van der Waals surface area contributed by atoms with Crippen LogP contribution in [-0.4, -0.2) is 53.8 Å². The molecule has 0 unspecified atom stereocenters. The Morgan fingerprint density at radius 2 is 1.76 bits per heavy atom. The molecule has 1 fully saturated rings. The molecule has 4 atom stereocenters. The maximum Gasteiger partial charge on any atom is 0.335 e. The molecule has 0 bridgehead atoms. The number of anilines is 1. The van der Waals surface area contributed by atoms with Crippen LogP contribution in [-0.2, 0) is 19.2 Å². The SMILES string of the molecule is COc1cc(O)c([C@H]2C3=CC[C@@H]4C(=O)N(c5cccc(C(=O)O)c5)C(=O)[C@@H]4[C@@H]3CC3=C2C(=O)C=C(C)C3=O)c(OC)c1. The minimum Gasteiger partial charge on any atom is -0.507 e. The van der Waals surface area contributed by atoms with E-state index in [-0.39, 0.29) is 69.4 Å². The Morgan fingerprint density at radius 3 is 2.45 bits per heavy atom. The molecule has 10 heteroatoms. The lowest BCUT2D eigenvalue weighted by molar-refractivity contribution is -0.123. The van der Waals surface area contributed by atoms with E-state index in [2.05, 4.69) is 0 Å². The third kappa shape index (κ3) is 3.89. The zero-order chi connectivity index (χ0) is 30.0. The molecule has 42 heavy (non-hydrogen) atoms. The van der Waals surface area contributed by atoms with Gasteiger partial charge in [-0.05, 0) is 50.0 Å². The second kappa shape index (κ2) is 9.83. The standard InChI is InChI=1S/C32H27NO9/c1-14-9-22(34)26-21(29(14)36)13-20-18(27(26)28-23(35)11-17(41-2)12-24(28)42-3)7-8-19-25(20)31(38)33(30(19)37)16-6-4-5-15(10-16)32(39)40/h4-7,9-12,19-20,25,27,35H,8,13H2,1-3H3,(H,39,40)/t19-,20+,25-,27-/m0/s1. The van der Waals surface area contributed by atoms with Gasteiger partial charge in [0.1, 0.15) is 17.2 Å². The summed E-state index contributed by atoms with van der Waals surface area (Å²) in [6.45, 7) is 1.56. The van der Waals surface area contributed by atoms with Crippen molar-refractivity contribution in [1.82, 2.24) is 0 Å². The zero-order valence-electron chi connectivity index (χ0n) is 23.0. The maximum absolute atomic E-state index is 14.0. The summed E-state index contributed by atoms with van der Waals surface area (Å²) >= 11 is 0. The molecule has 4 aliphatic rings. The molecule has 1 saturated heterocycles. The number of ketones is 2. The Bertz CT molecular complexity index is 1710. The summed E-state index contributed by atoms with van der Waals surface area (Å²) in [7, 11) is 2.85. The minimum absolute atomic E-state index is 0.0648. The summed E-state index contributed by atoms with van der Waals surface area (Å²) in [5.41, 5.74) is 1.73. The number of phenols is 1. The Hall–Kier alpha value is -4.99. The number of carbonyl (C=O) groups is 5. The monoisotopic (exact) mass is 569 g/mol. The highest BCUT2D eigenvalue weighted by Gasteiger charge is 2.57. The summed E-state index contributed by atoms with van der Waals surface area (Å²) in [6.07, 6.45) is 3.37. The maximum atomic E-state index is 14.0. The minimum atomic E-state index is -1.19. The lowest BCUT2D eigenvalue weighted by Crippen LogP contribution is -2.40. The van der Waals surface area contributed by atoms with Crippen molar-refractivity contribution in [3.05, 3.63) is 82.0 Å². The van der Waals surface area contributed by atoms with E-state index < -0.39 is 41.5 Å². The van der Waals surface area contributed by atoms with Crippen LogP contribution in [0.1, 0.15) is 41.6 Å². The lowest BCUT2D eigenvalue weighted by Gasteiger charge is -2.42. The number of aromatic hydroxyl groups is 1. The first kappa shape index (κ1) is 27.2. The second-order valence-electron chi connectivity index (χ2n) is 10.9. The number of carbonyl (C=O) groups excluding carboxylic acids is 4. The van der Waals surface area contributed by atoms with Gasteiger partial charge in [-0.25, -0.2) is 4.79 Å². The van der Waals surface area contributed by atoms with Gasteiger partial charge in [0.2, 0.25) is 11.8 Å². The summed E-state index contributed by atoms with van der Waals surface area (Å²) in [6, 6.07) is 8.61. The van der Waals surface area contributed by atoms with Crippen LogP contribution in [0.25, 0.3) is 0 Å². The van der Waals surface area contributed by atoms with Crippen molar-refractivity contribution in [2.75, 3.05) is 19.1 Å². The van der Waals surface area contributed by atoms with Gasteiger partial charge in [-0.3, -0.25) is 24.1 Å². The van der Waals surface area contributed by atoms with E-state index in [0.29, 0.717) is 11.3 Å². The summed E-state index contributed by atoms with van der Waals surface area (Å²) in [5, 5.41) is 20.7. The van der Waals surface area contributed by atoms with Gasteiger partial charge in [0.25, 0.3) is 0 Å². The number of hydrogen-bond donors (Lipinski definition) is 2. The number of rotatable bonds is 5. The molecule has 3 aliphatic carbocycles. The molecule has 6 rings (SSSR count). The average Bonchev–Trinajstić information content (AvgIpc) is 3.24. The number of Topliss-reactive ketones (excluding diaryl/α,β-unsaturated/α-hetero) is 1. The van der Waals surface area contributed by atoms with E-state index in [1.54, 1.807) is 13.0 Å². The third-order valence-corrected chi connectivity index (χ3v) is 8.75. The van der Waals surface area contributed by atoms with E-state index in [4.69, 9.17) is 9.47 Å². The molecule has 0 radical (unpaired) electrons.